The number of carbonyl (C=O) groups is 4. The minimum atomic E-state index is -1.28. The standard InChI is InChI=1S/C30H43N5O7/c1-18(2)15-24(28(39)35-26(30(41)42)17-20-8-12-22(37)13-9-20)34-29(40)25(16-19-6-10-21(36)11-7-19)33-27(38)23(32)5-3-4-14-31/h6-13,18,23-26,36-37H,3-5,14-17,31-32H2,1-2H3,(H,33,38)(H,34,40)(H,35,39)(H,41,42). The molecule has 4 unspecified atom stereocenters. The van der Waals surface area contributed by atoms with E-state index in [2.05, 4.69) is 16.0 Å². The largest absolute Gasteiger partial charge is 0.508 e. The van der Waals surface area contributed by atoms with E-state index in [1.54, 1.807) is 24.3 Å². The number of benzene rings is 2. The zero-order valence-corrected chi connectivity index (χ0v) is 24.1. The van der Waals surface area contributed by atoms with Gasteiger partial charge in [-0.2, -0.15) is 0 Å². The van der Waals surface area contributed by atoms with Crippen LogP contribution in [-0.2, 0) is 32.0 Å². The lowest BCUT2D eigenvalue weighted by Gasteiger charge is -2.26. The predicted molar refractivity (Wildman–Crippen MR) is 157 cm³/mol. The van der Waals surface area contributed by atoms with Gasteiger partial charge < -0.3 is 42.7 Å². The Morgan fingerprint density at radius 3 is 1.64 bits per heavy atom. The van der Waals surface area contributed by atoms with Crippen molar-refractivity contribution in [2.24, 2.45) is 17.4 Å². The molecule has 12 heteroatoms. The summed E-state index contributed by atoms with van der Waals surface area (Å²) < 4.78 is 0. The first kappa shape index (κ1) is 34.0. The molecule has 0 aromatic heterocycles. The zero-order chi connectivity index (χ0) is 31.2. The van der Waals surface area contributed by atoms with Crippen LogP contribution < -0.4 is 27.4 Å². The van der Waals surface area contributed by atoms with Gasteiger partial charge >= 0.3 is 5.97 Å². The van der Waals surface area contributed by atoms with Gasteiger partial charge in [-0.15, -0.1) is 0 Å². The summed E-state index contributed by atoms with van der Waals surface area (Å²) in [6, 6.07) is 7.77. The lowest BCUT2D eigenvalue weighted by atomic mass is 9.99. The van der Waals surface area contributed by atoms with Gasteiger partial charge in [0.05, 0.1) is 6.04 Å². The van der Waals surface area contributed by atoms with Gasteiger partial charge in [0, 0.05) is 12.8 Å². The molecule has 0 radical (unpaired) electrons. The highest BCUT2D eigenvalue weighted by Gasteiger charge is 2.31. The Labute approximate surface area is 245 Å². The minimum Gasteiger partial charge on any atom is -0.508 e. The summed E-state index contributed by atoms with van der Waals surface area (Å²) in [5, 5.41) is 36.8. The van der Waals surface area contributed by atoms with E-state index >= 15 is 0 Å². The van der Waals surface area contributed by atoms with Gasteiger partial charge in [0.15, 0.2) is 0 Å². The first-order chi connectivity index (χ1) is 19.9. The smallest absolute Gasteiger partial charge is 0.326 e. The van der Waals surface area contributed by atoms with Crippen LogP contribution in [0.3, 0.4) is 0 Å². The Kier molecular flexibility index (Phi) is 13.7. The first-order valence-corrected chi connectivity index (χ1v) is 14.0. The van der Waals surface area contributed by atoms with Crippen molar-refractivity contribution in [3.05, 3.63) is 59.7 Å². The van der Waals surface area contributed by atoms with Crippen molar-refractivity contribution in [1.82, 2.24) is 16.0 Å². The van der Waals surface area contributed by atoms with Gasteiger partial charge in [0.25, 0.3) is 0 Å². The molecular weight excluding hydrogens is 542 g/mol. The third-order valence-electron chi connectivity index (χ3n) is 6.65. The number of aromatic hydroxyl groups is 2. The molecule has 12 nitrogen and oxygen atoms in total. The van der Waals surface area contributed by atoms with Crippen molar-refractivity contribution in [1.29, 1.82) is 0 Å². The monoisotopic (exact) mass is 585 g/mol. The second-order valence-electron chi connectivity index (χ2n) is 10.8. The number of unbranched alkanes of at least 4 members (excludes halogenated alkanes) is 1. The van der Waals surface area contributed by atoms with E-state index in [-0.39, 0.29) is 36.7 Å². The summed E-state index contributed by atoms with van der Waals surface area (Å²) in [4.78, 5) is 51.6. The number of hydrogen-bond donors (Lipinski definition) is 8. The van der Waals surface area contributed by atoms with Crippen LogP contribution >= 0.6 is 0 Å². The van der Waals surface area contributed by atoms with E-state index in [0.29, 0.717) is 36.9 Å². The van der Waals surface area contributed by atoms with Crippen LogP contribution in [0.4, 0.5) is 0 Å². The second-order valence-corrected chi connectivity index (χ2v) is 10.8. The van der Waals surface area contributed by atoms with Crippen LogP contribution in [0.2, 0.25) is 0 Å². The molecule has 4 atom stereocenters. The van der Waals surface area contributed by atoms with E-state index in [4.69, 9.17) is 11.5 Å². The average Bonchev–Trinajstić information content (AvgIpc) is 2.93. The number of amides is 3. The second kappa shape index (κ2) is 16.9. The quantitative estimate of drug-likeness (QED) is 0.124. The number of rotatable bonds is 17. The Bertz CT molecular complexity index is 1170. The summed E-state index contributed by atoms with van der Waals surface area (Å²) in [6.45, 7) is 4.18. The van der Waals surface area contributed by atoms with Crippen molar-refractivity contribution in [2.45, 2.75) is 76.5 Å². The van der Waals surface area contributed by atoms with Crippen LogP contribution in [-0.4, -0.2) is 69.7 Å². The molecule has 0 aliphatic heterocycles. The summed E-state index contributed by atoms with van der Waals surface area (Å²) >= 11 is 0. The van der Waals surface area contributed by atoms with Gasteiger partial charge in [-0.05, 0) is 67.1 Å². The lowest BCUT2D eigenvalue weighted by Crippen LogP contribution is -2.58. The van der Waals surface area contributed by atoms with E-state index in [1.807, 2.05) is 13.8 Å². The van der Waals surface area contributed by atoms with E-state index in [9.17, 15) is 34.5 Å². The molecule has 0 aliphatic carbocycles. The minimum absolute atomic E-state index is 0.0276. The van der Waals surface area contributed by atoms with Gasteiger partial charge in [0.2, 0.25) is 17.7 Å². The van der Waals surface area contributed by atoms with Gasteiger partial charge in [0.1, 0.15) is 29.6 Å². The third kappa shape index (κ3) is 11.8. The van der Waals surface area contributed by atoms with Crippen molar-refractivity contribution < 1.29 is 34.5 Å². The highest BCUT2D eigenvalue weighted by Crippen LogP contribution is 2.14. The van der Waals surface area contributed by atoms with E-state index in [0.717, 1.165) is 0 Å². The highest BCUT2D eigenvalue weighted by atomic mass is 16.4. The maximum atomic E-state index is 13.5. The lowest BCUT2D eigenvalue weighted by molar-refractivity contribution is -0.142. The van der Waals surface area contributed by atoms with Crippen LogP contribution in [0.1, 0.15) is 50.7 Å². The van der Waals surface area contributed by atoms with Gasteiger partial charge in [-0.1, -0.05) is 44.5 Å². The number of hydrogen-bond acceptors (Lipinski definition) is 8. The summed E-state index contributed by atoms with van der Waals surface area (Å²) in [5.74, 6) is -3.09. The fourth-order valence-electron chi connectivity index (χ4n) is 4.31. The molecule has 230 valence electrons. The molecule has 0 fully saturated rings. The SMILES string of the molecule is CC(C)CC(NC(=O)C(Cc1ccc(O)cc1)NC(=O)C(N)CCCCN)C(=O)NC(Cc1ccc(O)cc1)C(=O)O. The maximum Gasteiger partial charge on any atom is 0.326 e. The number of nitrogens with one attached hydrogen (secondary N) is 3. The molecule has 0 saturated carbocycles. The summed E-state index contributed by atoms with van der Waals surface area (Å²) in [5.41, 5.74) is 12.8. The molecule has 2 aromatic rings. The molecular formula is C30H43N5O7. The summed E-state index contributed by atoms with van der Waals surface area (Å²) in [7, 11) is 0. The molecule has 42 heavy (non-hydrogen) atoms. The number of aliphatic carboxylic acids is 1. The number of carboxylic acids is 1. The average molecular weight is 586 g/mol. The molecule has 0 heterocycles. The fraction of sp³-hybridized carbons (Fsp3) is 0.467. The van der Waals surface area contributed by atoms with Crippen LogP contribution in [0, 0.1) is 5.92 Å². The molecule has 0 aliphatic rings. The van der Waals surface area contributed by atoms with Crippen molar-refractivity contribution in [3.63, 3.8) is 0 Å². The molecule has 10 N–H and O–H groups in total. The Balaban J connectivity index is 2.22. The van der Waals surface area contributed by atoms with Crippen LogP contribution in [0.5, 0.6) is 11.5 Å². The Morgan fingerprint density at radius 1 is 0.714 bits per heavy atom. The normalized spacial score (nSPS) is 13.9. The molecule has 3 amide bonds. The predicted octanol–water partition coefficient (Wildman–Crippen LogP) is 0.924. The van der Waals surface area contributed by atoms with Crippen LogP contribution in [0.25, 0.3) is 0 Å². The Hall–Kier alpha value is -4.16. The summed E-state index contributed by atoms with van der Waals surface area (Å²) in [6.07, 6.45) is 1.96. The van der Waals surface area contributed by atoms with Gasteiger partial charge in [-0.3, -0.25) is 14.4 Å². The van der Waals surface area contributed by atoms with E-state index < -0.39 is 47.9 Å². The number of nitrogens with two attached hydrogens (primary N) is 2. The molecule has 2 rings (SSSR count). The van der Waals surface area contributed by atoms with Crippen molar-refractivity contribution >= 4 is 23.7 Å². The molecule has 0 bridgehead atoms. The number of phenols is 2. The number of carboxylic acid groups (broad SMARTS) is 1. The number of carbonyl (C=O) groups excluding carboxylic acids is 3. The van der Waals surface area contributed by atoms with E-state index in [1.165, 1.54) is 24.3 Å². The third-order valence-corrected chi connectivity index (χ3v) is 6.65. The fourth-order valence-corrected chi connectivity index (χ4v) is 4.31. The molecule has 0 spiro atoms. The maximum absolute atomic E-state index is 13.5. The Morgan fingerprint density at radius 2 is 1.17 bits per heavy atom. The first-order valence-electron chi connectivity index (χ1n) is 14.0. The molecule has 2 aromatic carbocycles. The van der Waals surface area contributed by atoms with Crippen LogP contribution in [0.15, 0.2) is 48.5 Å². The highest BCUT2D eigenvalue weighted by molar-refractivity contribution is 5.94. The zero-order valence-electron chi connectivity index (χ0n) is 24.1. The topological polar surface area (TPSA) is 217 Å². The van der Waals surface area contributed by atoms with Gasteiger partial charge in [-0.25, -0.2) is 4.79 Å². The van der Waals surface area contributed by atoms with Crippen molar-refractivity contribution in [3.8, 4) is 11.5 Å². The number of phenolic OH excluding ortho intramolecular Hbond substituents is 2. The van der Waals surface area contributed by atoms with Crippen molar-refractivity contribution in [2.75, 3.05) is 6.54 Å². The molecule has 0 saturated heterocycles.